The second kappa shape index (κ2) is 4.99. The lowest BCUT2D eigenvalue weighted by Gasteiger charge is -2.25. The Bertz CT molecular complexity index is 356. The summed E-state index contributed by atoms with van der Waals surface area (Å²) < 4.78 is 11.7. The van der Waals surface area contributed by atoms with Crippen LogP contribution in [0, 0.1) is 5.41 Å². The molecule has 0 N–H and O–H groups in total. The molecule has 0 aromatic heterocycles. The Balaban J connectivity index is 2.78. The zero-order valence-electron chi connectivity index (χ0n) is 11.8. The average molecular weight is 236 g/mol. The lowest BCUT2D eigenvalue weighted by molar-refractivity contribution is 0.118. The van der Waals surface area contributed by atoms with E-state index in [4.69, 9.17) is 9.47 Å². The lowest BCUT2D eigenvalue weighted by atomic mass is 9.99. The number of rotatable bonds is 3. The third kappa shape index (κ3) is 5.62. The first-order valence-electron chi connectivity index (χ1n) is 6.08. The summed E-state index contributed by atoms with van der Waals surface area (Å²) in [5.74, 6) is 1.63. The summed E-state index contributed by atoms with van der Waals surface area (Å²) in [6.45, 7) is 13.2. The van der Waals surface area contributed by atoms with Crippen LogP contribution in [0.25, 0.3) is 0 Å². The van der Waals surface area contributed by atoms with Crippen molar-refractivity contribution in [2.75, 3.05) is 6.61 Å². The van der Waals surface area contributed by atoms with Crippen molar-refractivity contribution < 1.29 is 9.47 Å². The van der Waals surface area contributed by atoms with Crippen LogP contribution in [0.15, 0.2) is 24.3 Å². The molecule has 0 amide bonds. The van der Waals surface area contributed by atoms with Crippen molar-refractivity contribution in [2.24, 2.45) is 5.41 Å². The first-order valence-corrected chi connectivity index (χ1v) is 6.08. The molecular weight excluding hydrogens is 212 g/mol. The molecule has 0 heterocycles. The third-order valence-electron chi connectivity index (χ3n) is 1.93. The standard InChI is InChI=1S/C15H24O2/c1-14(2,3)11-16-12-9-7-8-10-13(12)17-15(4,5)6/h7-10H,11H2,1-6H3. The number of ether oxygens (including phenoxy) is 2. The molecule has 0 spiro atoms. The van der Waals surface area contributed by atoms with E-state index in [0.29, 0.717) is 6.61 Å². The fourth-order valence-electron chi connectivity index (χ4n) is 1.28. The van der Waals surface area contributed by atoms with E-state index in [1.165, 1.54) is 0 Å². The highest BCUT2D eigenvalue weighted by Crippen LogP contribution is 2.31. The molecule has 0 fully saturated rings. The molecule has 1 rings (SSSR count). The van der Waals surface area contributed by atoms with Gasteiger partial charge in [0.1, 0.15) is 5.60 Å². The topological polar surface area (TPSA) is 18.5 Å². The van der Waals surface area contributed by atoms with E-state index in [2.05, 4.69) is 20.8 Å². The predicted octanol–water partition coefficient (Wildman–Crippen LogP) is 4.29. The molecule has 0 aliphatic rings. The van der Waals surface area contributed by atoms with Gasteiger partial charge in [-0.1, -0.05) is 32.9 Å². The molecule has 2 heteroatoms. The summed E-state index contributed by atoms with van der Waals surface area (Å²) in [5, 5.41) is 0. The Morgan fingerprint density at radius 2 is 1.41 bits per heavy atom. The van der Waals surface area contributed by atoms with Crippen LogP contribution in [0.1, 0.15) is 41.5 Å². The Labute approximate surface area is 105 Å². The van der Waals surface area contributed by atoms with Gasteiger partial charge >= 0.3 is 0 Å². The molecule has 2 nitrogen and oxygen atoms in total. The average Bonchev–Trinajstić information content (AvgIpc) is 2.12. The van der Waals surface area contributed by atoms with E-state index in [1.54, 1.807) is 0 Å². The summed E-state index contributed by atoms with van der Waals surface area (Å²) in [6.07, 6.45) is 0. The van der Waals surface area contributed by atoms with Gasteiger partial charge in [0.25, 0.3) is 0 Å². The number of para-hydroxylation sites is 2. The highest BCUT2D eigenvalue weighted by atomic mass is 16.5. The second-order valence-corrected chi connectivity index (χ2v) is 6.51. The maximum atomic E-state index is 5.87. The molecule has 0 saturated carbocycles. The van der Waals surface area contributed by atoms with Gasteiger partial charge < -0.3 is 9.47 Å². The van der Waals surface area contributed by atoms with Crippen LogP contribution in [0.5, 0.6) is 11.5 Å². The summed E-state index contributed by atoms with van der Waals surface area (Å²) in [4.78, 5) is 0. The van der Waals surface area contributed by atoms with Gasteiger partial charge in [0.2, 0.25) is 0 Å². The first kappa shape index (κ1) is 13.9. The van der Waals surface area contributed by atoms with Gasteiger partial charge in [0.05, 0.1) is 6.61 Å². The summed E-state index contributed by atoms with van der Waals surface area (Å²) >= 11 is 0. The van der Waals surface area contributed by atoms with Crippen molar-refractivity contribution in [1.29, 1.82) is 0 Å². The smallest absolute Gasteiger partial charge is 0.161 e. The summed E-state index contributed by atoms with van der Waals surface area (Å²) in [6, 6.07) is 7.83. The van der Waals surface area contributed by atoms with Crippen molar-refractivity contribution >= 4 is 0 Å². The molecule has 1 aromatic carbocycles. The molecule has 96 valence electrons. The van der Waals surface area contributed by atoms with Crippen molar-refractivity contribution in [3.8, 4) is 11.5 Å². The maximum Gasteiger partial charge on any atom is 0.161 e. The van der Waals surface area contributed by atoms with Crippen LogP contribution in [-0.2, 0) is 0 Å². The van der Waals surface area contributed by atoms with Crippen molar-refractivity contribution in [2.45, 2.75) is 47.1 Å². The predicted molar refractivity (Wildman–Crippen MR) is 71.8 cm³/mol. The third-order valence-corrected chi connectivity index (χ3v) is 1.93. The lowest BCUT2D eigenvalue weighted by Crippen LogP contribution is -2.24. The number of hydrogen-bond acceptors (Lipinski definition) is 2. The van der Waals surface area contributed by atoms with Crippen LogP contribution in [0.4, 0.5) is 0 Å². The SMILES string of the molecule is CC(C)(C)COc1ccccc1OC(C)(C)C. The zero-order chi connectivity index (χ0) is 13.1. The Morgan fingerprint density at radius 3 is 1.88 bits per heavy atom. The molecule has 17 heavy (non-hydrogen) atoms. The minimum Gasteiger partial charge on any atom is -0.489 e. The van der Waals surface area contributed by atoms with Gasteiger partial charge in [0.15, 0.2) is 11.5 Å². The van der Waals surface area contributed by atoms with Crippen molar-refractivity contribution in [3.05, 3.63) is 24.3 Å². The Hall–Kier alpha value is -1.18. The van der Waals surface area contributed by atoms with E-state index in [9.17, 15) is 0 Å². The van der Waals surface area contributed by atoms with Gasteiger partial charge in [-0.05, 0) is 38.3 Å². The van der Waals surface area contributed by atoms with E-state index in [0.717, 1.165) is 11.5 Å². The van der Waals surface area contributed by atoms with Crippen LogP contribution in [0.3, 0.4) is 0 Å². The molecule has 0 unspecified atom stereocenters. The van der Waals surface area contributed by atoms with E-state index in [-0.39, 0.29) is 11.0 Å². The second-order valence-electron chi connectivity index (χ2n) is 6.51. The van der Waals surface area contributed by atoms with Crippen LogP contribution < -0.4 is 9.47 Å². The minimum atomic E-state index is -0.207. The molecule has 0 aliphatic heterocycles. The minimum absolute atomic E-state index is 0.148. The molecule has 0 aliphatic carbocycles. The van der Waals surface area contributed by atoms with Crippen LogP contribution >= 0.6 is 0 Å². The van der Waals surface area contributed by atoms with E-state index >= 15 is 0 Å². The fraction of sp³-hybridized carbons (Fsp3) is 0.600. The Morgan fingerprint density at radius 1 is 0.882 bits per heavy atom. The molecule has 0 saturated heterocycles. The van der Waals surface area contributed by atoms with Gasteiger partial charge in [-0.15, -0.1) is 0 Å². The summed E-state index contributed by atoms with van der Waals surface area (Å²) in [7, 11) is 0. The molecule has 0 radical (unpaired) electrons. The Kier molecular flexibility index (Phi) is 4.07. The van der Waals surface area contributed by atoms with E-state index in [1.807, 2.05) is 45.0 Å². The van der Waals surface area contributed by atoms with Crippen molar-refractivity contribution in [3.63, 3.8) is 0 Å². The van der Waals surface area contributed by atoms with Crippen molar-refractivity contribution in [1.82, 2.24) is 0 Å². The molecular formula is C15H24O2. The maximum absolute atomic E-state index is 5.87. The van der Waals surface area contributed by atoms with Gasteiger partial charge in [-0.3, -0.25) is 0 Å². The largest absolute Gasteiger partial charge is 0.489 e. The highest BCUT2D eigenvalue weighted by Gasteiger charge is 2.17. The van der Waals surface area contributed by atoms with Crippen LogP contribution in [0.2, 0.25) is 0 Å². The number of benzene rings is 1. The van der Waals surface area contributed by atoms with Gasteiger partial charge in [-0.2, -0.15) is 0 Å². The van der Waals surface area contributed by atoms with Crippen LogP contribution in [-0.4, -0.2) is 12.2 Å². The normalized spacial score (nSPS) is 12.4. The van der Waals surface area contributed by atoms with Gasteiger partial charge in [0, 0.05) is 0 Å². The fourth-order valence-corrected chi connectivity index (χ4v) is 1.28. The van der Waals surface area contributed by atoms with Gasteiger partial charge in [-0.25, -0.2) is 0 Å². The quantitative estimate of drug-likeness (QED) is 0.779. The zero-order valence-corrected chi connectivity index (χ0v) is 11.8. The summed E-state index contributed by atoms with van der Waals surface area (Å²) in [5.41, 5.74) is -0.0595. The molecule has 1 aromatic rings. The molecule has 0 atom stereocenters. The first-order chi connectivity index (χ1) is 7.67. The monoisotopic (exact) mass is 236 g/mol. The molecule has 0 bridgehead atoms. The van der Waals surface area contributed by atoms with E-state index < -0.39 is 0 Å². The number of hydrogen-bond donors (Lipinski definition) is 0. The highest BCUT2D eigenvalue weighted by molar-refractivity contribution is 5.39.